The Balaban J connectivity index is 1.59. The molecule has 4 rings (SSSR count). The molecule has 0 saturated heterocycles. The van der Waals surface area contributed by atoms with Crippen molar-refractivity contribution in [1.29, 1.82) is 0 Å². The lowest BCUT2D eigenvalue weighted by Crippen LogP contribution is -2.85. The Morgan fingerprint density at radius 1 is 0.810 bits per heavy atom. The van der Waals surface area contributed by atoms with Gasteiger partial charge in [0.05, 0.1) is 6.54 Å². The number of rotatable bonds is 4. The zero-order chi connectivity index (χ0) is 14.1. The predicted molar refractivity (Wildman–Crippen MR) is 88.5 cm³/mol. The van der Waals surface area contributed by atoms with E-state index in [0.717, 1.165) is 13.0 Å². The van der Waals surface area contributed by atoms with Crippen molar-refractivity contribution < 1.29 is 5.32 Å². The fraction of sp³-hybridized carbons (Fsp3) is 0.158. The maximum absolute atomic E-state index is 2.49. The highest BCUT2D eigenvalue weighted by molar-refractivity contribution is 7.09. The molecule has 1 nitrogen and oxygen atoms in total. The van der Waals surface area contributed by atoms with E-state index in [1.165, 1.54) is 27.1 Å². The van der Waals surface area contributed by atoms with Crippen LogP contribution in [0.4, 0.5) is 0 Å². The van der Waals surface area contributed by atoms with Gasteiger partial charge in [-0.2, -0.15) is 0 Å². The van der Waals surface area contributed by atoms with E-state index < -0.39 is 0 Å². The van der Waals surface area contributed by atoms with Gasteiger partial charge in [-0.1, -0.05) is 54.6 Å². The summed E-state index contributed by atoms with van der Waals surface area (Å²) in [6.45, 7) is 1.13. The largest absolute Gasteiger partial charge is 0.336 e. The minimum atomic E-state index is 0.456. The van der Waals surface area contributed by atoms with Gasteiger partial charge in [0.25, 0.3) is 0 Å². The normalized spacial score (nSPS) is 13.1. The van der Waals surface area contributed by atoms with E-state index in [0.29, 0.717) is 6.04 Å². The minimum absolute atomic E-state index is 0.456. The number of fused-ring (bicyclic) bond motifs is 3. The molecular formula is C19H18NS+. The third kappa shape index (κ3) is 2.31. The van der Waals surface area contributed by atoms with Crippen LogP contribution in [0.15, 0.2) is 66.0 Å². The van der Waals surface area contributed by atoms with Gasteiger partial charge in [0.2, 0.25) is 0 Å². The summed E-state index contributed by atoms with van der Waals surface area (Å²) in [7, 11) is 0. The zero-order valence-electron chi connectivity index (χ0n) is 11.8. The summed E-state index contributed by atoms with van der Waals surface area (Å²) in [5, 5.41) is 4.65. The van der Waals surface area contributed by atoms with Crippen molar-refractivity contribution in [3.63, 3.8) is 0 Å². The van der Waals surface area contributed by atoms with Gasteiger partial charge < -0.3 is 5.32 Å². The third-order valence-corrected chi connectivity index (χ3v) is 5.19. The van der Waals surface area contributed by atoms with E-state index in [2.05, 4.69) is 71.4 Å². The summed E-state index contributed by atoms with van der Waals surface area (Å²) in [5.74, 6) is 0. The third-order valence-electron chi connectivity index (χ3n) is 4.26. The maximum atomic E-state index is 2.49. The van der Waals surface area contributed by atoms with Crippen molar-refractivity contribution in [2.45, 2.75) is 12.5 Å². The van der Waals surface area contributed by atoms with Gasteiger partial charge in [0.1, 0.15) is 6.04 Å². The second-order valence-corrected chi connectivity index (χ2v) is 6.54. The molecule has 2 N–H and O–H groups in total. The van der Waals surface area contributed by atoms with Gasteiger partial charge in [0.15, 0.2) is 0 Å². The Hall–Kier alpha value is -1.90. The highest BCUT2D eigenvalue weighted by Crippen LogP contribution is 2.40. The molecule has 1 aliphatic rings. The quantitative estimate of drug-likeness (QED) is 0.756. The van der Waals surface area contributed by atoms with Crippen molar-refractivity contribution in [2.75, 3.05) is 6.54 Å². The van der Waals surface area contributed by atoms with Crippen molar-refractivity contribution in [2.24, 2.45) is 0 Å². The molecule has 104 valence electrons. The average molecular weight is 292 g/mol. The van der Waals surface area contributed by atoms with E-state index >= 15 is 0 Å². The maximum Gasteiger partial charge on any atom is 0.139 e. The lowest BCUT2D eigenvalue weighted by Gasteiger charge is -2.12. The first kappa shape index (κ1) is 12.8. The molecule has 3 aromatic rings. The molecule has 2 heteroatoms. The molecule has 1 aliphatic carbocycles. The number of hydrogen-bond acceptors (Lipinski definition) is 1. The molecule has 0 unspecified atom stereocenters. The predicted octanol–water partition coefficient (Wildman–Crippen LogP) is 3.62. The van der Waals surface area contributed by atoms with E-state index in [9.17, 15) is 0 Å². The van der Waals surface area contributed by atoms with Crippen LogP contribution >= 0.6 is 11.3 Å². The lowest BCUT2D eigenvalue weighted by molar-refractivity contribution is -0.685. The molecule has 1 heterocycles. The smallest absolute Gasteiger partial charge is 0.139 e. The molecule has 21 heavy (non-hydrogen) atoms. The second kappa shape index (κ2) is 5.47. The molecule has 0 fully saturated rings. The first-order valence-corrected chi connectivity index (χ1v) is 8.35. The van der Waals surface area contributed by atoms with Crippen molar-refractivity contribution in [3.05, 3.63) is 82.0 Å². The molecule has 0 aliphatic heterocycles. The standard InChI is InChI=1S/C19H17NS/c1-3-9-17-15(7-1)16-8-2-4-10-18(16)19(17)20-12-11-14-6-5-13-21-14/h1-10,13,19-20H,11-12H2/p+1. The summed E-state index contributed by atoms with van der Waals surface area (Å²) >= 11 is 1.86. The summed E-state index contributed by atoms with van der Waals surface area (Å²) in [6, 6.07) is 22.5. The monoisotopic (exact) mass is 292 g/mol. The molecule has 0 amide bonds. The van der Waals surface area contributed by atoms with Crippen molar-refractivity contribution >= 4 is 11.3 Å². The van der Waals surface area contributed by atoms with Gasteiger partial charge in [-0.3, -0.25) is 0 Å². The van der Waals surface area contributed by atoms with E-state index in [4.69, 9.17) is 0 Å². The zero-order valence-corrected chi connectivity index (χ0v) is 12.6. The van der Waals surface area contributed by atoms with E-state index in [-0.39, 0.29) is 0 Å². The SMILES string of the molecule is c1csc(CC[NH2+]C2c3ccccc3-c3ccccc32)c1. The summed E-state index contributed by atoms with van der Waals surface area (Å²) in [5.41, 5.74) is 5.74. The fourth-order valence-electron chi connectivity index (χ4n) is 3.30. The number of nitrogens with two attached hydrogens (primary N) is 1. The number of quaternary nitrogens is 1. The van der Waals surface area contributed by atoms with Crippen LogP contribution in [0.25, 0.3) is 11.1 Å². The van der Waals surface area contributed by atoms with Crippen molar-refractivity contribution in [1.82, 2.24) is 0 Å². The van der Waals surface area contributed by atoms with Crippen LogP contribution in [0.5, 0.6) is 0 Å². The molecule has 1 aromatic heterocycles. The second-order valence-electron chi connectivity index (χ2n) is 5.51. The van der Waals surface area contributed by atoms with Crippen LogP contribution < -0.4 is 5.32 Å². The first-order chi connectivity index (χ1) is 10.4. The lowest BCUT2D eigenvalue weighted by atomic mass is 10.1. The van der Waals surface area contributed by atoms with Crippen LogP contribution in [-0.4, -0.2) is 6.54 Å². The number of hydrogen-bond donors (Lipinski definition) is 1. The van der Waals surface area contributed by atoms with E-state index in [1.54, 1.807) is 0 Å². The van der Waals surface area contributed by atoms with Crippen molar-refractivity contribution in [3.8, 4) is 11.1 Å². The Morgan fingerprint density at radius 3 is 2.10 bits per heavy atom. The molecule has 0 radical (unpaired) electrons. The van der Waals surface area contributed by atoms with Crippen LogP contribution in [0.2, 0.25) is 0 Å². The fourth-order valence-corrected chi connectivity index (χ4v) is 4.02. The minimum Gasteiger partial charge on any atom is -0.336 e. The summed E-state index contributed by atoms with van der Waals surface area (Å²) in [4.78, 5) is 1.48. The molecule has 2 aromatic carbocycles. The van der Waals surface area contributed by atoms with Gasteiger partial charge in [-0.05, 0) is 22.6 Å². The van der Waals surface area contributed by atoms with Gasteiger partial charge in [0, 0.05) is 22.4 Å². The van der Waals surface area contributed by atoms with E-state index in [1.807, 2.05) is 11.3 Å². The Bertz CT molecular complexity index is 700. The summed E-state index contributed by atoms with van der Waals surface area (Å²) < 4.78 is 0. The average Bonchev–Trinajstić information content (AvgIpc) is 3.15. The van der Waals surface area contributed by atoms with Crippen LogP contribution in [-0.2, 0) is 6.42 Å². The molecule has 0 atom stereocenters. The molecule has 0 spiro atoms. The summed E-state index contributed by atoms with van der Waals surface area (Å²) in [6.07, 6.45) is 1.15. The molecule has 0 saturated carbocycles. The van der Waals surface area contributed by atoms with Gasteiger partial charge in [-0.25, -0.2) is 0 Å². The Morgan fingerprint density at radius 2 is 1.48 bits per heavy atom. The first-order valence-electron chi connectivity index (χ1n) is 7.47. The number of thiophene rings is 1. The van der Waals surface area contributed by atoms with Crippen LogP contribution in [0.1, 0.15) is 22.0 Å². The highest BCUT2D eigenvalue weighted by Gasteiger charge is 2.30. The van der Waals surface area contributed by atoms with Gasteiger partial charge in [-0.15, -0.1) is 11.3 Å². The number of benzene rings is 2. The van der Waals surface area contributed by atoms with Crippen LogP contribution in [0, 0.1) is 0 Å². The molecule has 0 bridgehead atoms. The Kier molecular flexibility index (Phi) is 3.34. The topological polar surface area (TPSA) is 16.6 Å². The highest BCUT2D eigenvalue weighted by atomic mass is 32.1. The van der Waals surface area contributed by atoms with Crippen LogP contribution in [0.3, 0.4) is 0 Å². The Labute approximate surface area is 129 Å². The molecular weight excluding hydrogens is 274 g/mol. The van der Waals surface area contributed by atoms with Gasteiger partial charge >= 0.3 is 0 Å².